The number of nitrogens with zero attached hydrogens (tertiary/aromatic N) is 2. The summed E-state index contributed by atoms with van der Waals surface area (Å²) >= 11 is 0. The fraction of sp³-hybridized carbons (Fsp3) is 0.909. The fourth-order valence-corrected chi connectivity index (χ4v) is 2.14. The van der Waals surface area contributed by atoms with E-state index in [0.29, 0.717) is 6.54 Å². The van der Waals surface area contributed by atoms with E-state index < -0.39 is 0 Å². The number of rotatable bonds is 4. The molecule has 1 aliphatic rings. The smallest absolute Gasteiger partial charge is 0.236 e. The summed E-state index contributed by atoms with van der Waals surface area (Å²) in [7, 11) is 6.04. The third-order valence-electron chi connectivity index (χ3n) is 2.92. The predicted octanol–water partition coefficient (Wildman–Crippen LogP) is 0.00600. The van der Waals surface area contributed by atoms with Gasteiger partial charge in [-0.3, -0.25) is 4.79 Å². The molecule has 0 bridgehead atoms. The minimum absolute atomic E-state index is 0.237. The largest absolute Gasteiger partial charge is 0.342 e. The van der Waals surface area contributed by atoms with Gasteiger partial charge in [0.25, 0.3) is 0 Å². The lowest BCUT2D eigenvalue weighted by Gasteiger charge is -2.33. The van der Waals surface area contributed by atoms with Crippen LogP contribution in [0.2, 0.25) is 0 Å². The minimum atomic E-state index is 0.237. The fourth-order valence-electron chi connectivity index (χ4n) is 2.14. The van der Waals surface area contributed by atoms with E-state index in [1.54, 1.807) is 0 Å². The molecule has 1 saturated heterocycles. The first-order chi connectivity index (χ1) is 7.13. The molecule has 88 valence electrons. The molecule has 4 heteroatoms. The van der Waals surface area contributed by atoms with E-state index in [-0.39, 0.29) is 5.91 Å². The van der Waals surface area contributed by atoms with Crippen molar-refractivity contribution in [3.8, 4) is 0 Å². The van der Waals surface area contributed by atoms with E-state index in [1.165, 1.54) is 0 Å². The van der Waals surface area contributed by atoms with Gasteiger partial charge in [0, 0.05) is 19.6 Å². The van der Waals surface area contributed by atoms with Crippen molar-refractivity contribution in [3.63, 3.8) is 0 Å². The molecule has 1 heterocycles. The van der Waals surface area contributed by atoms with Gasteiger partial charge in [0.1, 0.15) is 0 Å². The van der Waals surface area contributed by atoms with Gasteiger partial charge in [-0.2, -0.15) is 0 Å². The molecule has 0 radical (unpaired) electrons. The van der Waals surface area contributed by atoms with Crippen LogP contribution in [0.1, 0.15) is 12.8 Å². The van der Waals surface area contributed by atoms with E-state index in [2.05, 4.69) is 24.3 Å². The molecule has 0 aliphatic carbocycles. The summed E-state index contributed by atoms with van der Waals surface area (Å²) in [6.07, 6.45) is 2.29. The molecule has 1 amide bonds. The Morgan fingerprint density at radius 2 is 2.00 bits per heavy atom. The molecule has 1 N–H and O–H groups in total. The second-order valence-electron chi connectivity index (χ2n) is 4.62. The van der Waals surface area contributed by atoms with E-state index >= 15 is 0 Å². The van der Waals surface area contributed by atoms with Gasteiger partial charge < -0.3 is 15.1 Å². The number of likely N-dealkylation sites (tertiary alicyclic amines) is 1. The summed E-state index contributed by atoms with van der Waals surface area (Å²) < 4.78 is 0. The molecule has 15 heavy (non-hydrogen) atoms. The first kappa shape index (κ1) is 12.5. The molecule has 0 aromatic carbocycles. The molecule has 0 spiro atoms. The van der Waals surface area contributed by atoms with Crippen molar-refractivity contribution in [3.05, 3.63) is 0 Å². The van der Waals surface area contributed by atoms with Crippen molar-refractivity contribution in [2.45, 2.75) is 12.8 Å². The molecule has 0 saturated carbocycles. The molecule has 4 nitrogen and oxygen atoms in total. The van der Waals surface area contributed by atoms with Crippen molar-refractivity contribution in [1.29, 1.82) is 0 Å². The zero-order valence-electron chi connectivity index (χ0n) is 10.1. The summed E-state index contributed by atoms with van der Waals surface area (Å²) in [5.74, 6) is 0.999. The molecular weight excluding hydrogens is 190 g/mol. The summed E-state index contributed by atoms with van der Waals surface area (Å²) in [6, 6.07) is 0. The molecule has 1 aliphatic heterocycles. The Hall–Kier alpha value is -0.610. The number of piperidine rings is 1. The van der Waals surface area contributed by atoms with Crippen LogP contribution in [0.25, 0.3) is 0 Å². The lowest BCUT2D eigenvalue weighted by atomic mass is 9.96. The standard InChI is InChI=1S/C11H23N3O/c1-12-8-11(15)14-6-4-10(5-7-14)9-13(2)3/h10,12H,4-9H2,1-3H3. The number of nitrogens with one attached hydrogen (secondary N) is 1. The first-order valence-corrected chi connectivity index (χ1v) is 5.70. The van der Waals surface area contributed by atoms with Crippen molar-refractivity contribution < 1.29 is 4.79 Å². The van der Waals surface area contributed by atoms with Crippen LogP contribution in [0.4, 0.5) is 0 Å². The van der Waals surface area contributed by atoms with E-state index in [4.69, 9.17) is 0 Å². The molecule has 0 unspecified atom stereocenters. The maximum absolute atomic E-state index is 11.6. The Kier molecular flexibility index (Phi) is 5.05. The van der Waals surface area contributed by atoms with Crippen molar-refractivity contribution in [1.82, 2.24) is 15.1 Å². The highest BCUT2D eigenvalue weighted by Gasteiger charge is 2.22. The van der Waals surface area contributed by atoms with Crippen molar-refractivity contribution in [2.24, 2.45) is 5.92 Å². The van der Waals surface area contributed by atoms with Gasteiger partial charge in [0.2, 0.25) is 5.91 Å². The topological polar surface area (TPSA) is 35.6 Å². The zero-order valence-corrected chi connectivity index (χ0v) is 10.1. The van der Waals surface area contributed by atoms with Crippen LogP contribution in [0.5, 0.6) is 0 Å². The van der Waals surface area contributed by atoms with Crippen LogP contribution in [0.3, 0.4) is 0 Å². The Morgan fingerprint density at radius 3 is 2.47 bits per heavy atom. The quantitative estimate of drug-likeness (QED) is 0.714. The third kappa shape index (κ3) is 4.18. The number of hydrogen-bond donors (Lipinski definition) is 1. The highest BCUT2D eigenvalue weighted by atomic mass is 16.2. The molecule has 0 aromatic rings. The summed E-state index contributed by atoms with van der Waals surface area (Å²) in [5, 5.41) is 2.91. The van der Waals surface area contributed by atoms with Gasteiger partial charge in [-0.1, -0.05) is 0 Å². The van der Waals surface area contributed by atoms with E-state index in [9.17, 15) is 4.79 Å². The summed E-state index contributed by atoms with van der Waals surface area (Å²) in [4.78, 5) is 15.8. The summed E-state index contributed by atoms with van der Waals surface area (Å²) in [6.45, 7) is 3.48. The first-order valence-electron chi connectivity index (χ1n) is 5.70. The van der Waals surface area contributed by atoms with Crippen LogP contribution in [-0.4, -0.2) is 63.0 Å². The van der Waals surface area contributed by atoms with Gasteiger partial charge in [-0.15, -0.1) is 0 Å². The maximum atomic E-state index is 11.6. The van der Waals surface area contributed by atoms with Crippen molar-refractivity contribution in [2.75, 3.05) is 47.3 Å². The number of carbonyl (C=O) groups excluding carboxylic acids is 1. The lowest BCUT2D eigenvalue weighted by Crippen LogP contribution is -2.43. The van der Waals surface area contributed by atoms with Crippen LogP contribution in [0.15, 0.2) is 0 Å². The molecule has 0 aromatic heterocycles. The van der Waals surface area contributed by atoms with E-state index in [1.807, 2.05) is 11.9 Å². The van der Waals surface area contributed by atoms with Crippen LogP contribution in [0, 0.1) is 5.92 Å². The number of amides is 1. The lowest BCUT2D eigenvalue weighted by molar-refractivity contribution is -0.131. The second-order valence-corrected chi connectivity index (χ2v) is 4.62. The predicted molar refractivity (Wildman–Crippen MR) is 61.8 cm³/mol. The average Bonchev–Trinajstić information content (AvgIpc) is 2.18. The van der Waals surface area contributed by atoms with Gasteiger partial charge in [0.15, 0.2) is 0 Å². The number of likely N-dealkylation sites (N-methyl/N-ethyl adjacent to an activating group) is 1. The normalized spacial score (nSPS) is 18.5. The van der Waals surface area contributed by atoms with Gasteiger partial charge in [-0.05, 0) is 39.9 Å². The number of hydrogen-bond acceptors (Lipinski definition) is 3. The maximum Gasteiger partial charge on any atom is 0.236 e. The van der Waals surface area contributed by atoms with Crippen LogP contribution in [-0.2, 0) is 4.79 Å². The molecule has 1 fully saturated rings. The van der Waals surface area contributed by atoms with Gasteiger partial charge in [0.05, 0.1) is 6.54 Å². The second kappa shape index (κ2) is 6.08. The highest BCUT2D eigenvalue weighted by Crippen LogP contribution is 2.17. The monoisotopic (exact) mass is 213 g/mol. The van der Waals surface area contributed by atoms with Gasteiger partial charge >= 0.3 is 0 Å². The molecular formula is C11H23N3O. The van der Waals surface area contributed by atoms with Gasteiger partial charge in [-0.25, -0.2) is 0 Å². The Labute approximate surface area is 92.6 Å². The Bertz CT molecular complexity index is 198. The Morgan fingerprint density at radius 1 is 1.40 bits per heavy atom. The van der Waals surface area contributed by atoms with Crippen LogP contribution < -0.4 is 5.32 Å². The molecule has 0 atom stereocenters. The SMILES string of the molecule is CNCC(=O)N1CCC(CN(C)C)CC1. The minimum Gasteiger partial charge on any atom is -0.342 e. The Balaban J connectivity index is 2.26. The summed E-state index contributed by atoms with van der Waals surface area (Å²) in [5.41, 5.74) is 0. The average molecular weight is 213 g/mol. The zero-order chi connectivity index (χ0) is 11.3. The number of carbonyl (C=O) groups is 1. The van der Waals surface area contributed by atoms with Crippen LogP contribution >= 0.6 is 0 Å². The van der Waals surface area contributed by atoms with Crippen molar-refractivity contribution >= 4 is 5.91 Å². The third-order valence-corrected chi connectivity index (χ3v) is 2.92. The molecule has 1 rings (SSSR count). The van der Waals surface area contributed by atoms with E-state index in [0.717, 1.165) is 38.4 Å². The highest BCUT2D eigenvalue weighted by molar-refractivity contribution is 5.78.